The highest BCUT2D eigenvalue weighted by Gasteiger charge is 2.13. The summed E-state index contributed by atoms with van der Waals surface area (Å²) in [6.07, 6.45) is 3.72. The minimum absolute atomic E-state index is 0. The Morgan fingerprint density at radius 2 is 1.58 bits per heavy atom. The van der Waals surface area contributed by atoms with Crippen LogP contribution in [-0.4, -0.2) is 0 Å². The number of nitrogen functional groups attached to an aromatic ring is 1. The lowest BCUT2D eigenvalue weighted by molar-refractivity contribution is -0.639. The molecule has 3 heteroatoms. The maximum atomic E-state index is 5.49. The van der Waals surface area contributed by atoms with E-state index in [2.05, 4.69) is 20.8 Å². The molecular formula is C9H15IN2. The van der Waals surface area contributed by atoms with Gasteiger partial charge in [0.2, 0.25) is 0 Å². The fraction of sp³-hybridized carbons (Fsp3) is 0.444. The van der Waals surface area contributed by atoms with Crippen molar-refractivity contribution in [3.05, 3.63) is 30.1 Å². The van der Waals surface area contributed by atoms with Gasteiger partial charge in [-0.3, -0.25) is 0 Å². The normalized spacial score (nSPS) is 10.6. The zero-order valence-electron chi connectivity index (χ0n) is 7.71. The quantitative estimate of drug-likeness (QED) is 0.332. The predicted molar refractivity (Wildman–Crippen MR) is 45.5 cm³/mol. The summed E-state index contributed by atoms with van der Waals surface area (Å²) in [5, 5.41) is 0. The third-order valence-corrected chi connectivity index (χ3v) is 1.72. The van der Waals surface area contributed by atoms with Crippen molar-refractivity contribution in [1.29, 1.82) is 0 Å². The highest BCUT2D eigenvalue weighted by atomic mass is 127. The van der Waals surface area contributed by atoms with Crippen molar-refractivity contribution in [2.45, 2.75) is 26.2 Å². The second-order valence-electron chi connectivity index (χ2n) is 3.78. The summed E-state index contributed by atoms with van der Waals surface area (Å²) in [5.41, 5.74) is 1.52. The molecule has 0 aliphatic carbocycles. The first-order valence-corrected chi connectivity index (χ1v) is 3.77. The molecule has 0 radical (unpaired) electrons. The molecule has 0 aliphatic rings. The van der Waals surface area contributed by atoms with E-state index in [1.165, 1.54) is 5.56 Å². The molecule has 1 rings (SSSR count). The van der Waals surface area contributed by atoms with Gasteiger partial charge in [0, 0.05) is 12.1 Å². The Labute approximate surface area is 90.8 Å². The van der Waals surface area contributed by atoms with Gasteiger partial charge in [0.15, 0.2) is 12.4 Å². The molecule has 0 saturated heterocycles. The number of nitrogens with zero attached hydrogens (tertiary/aromatic N) is 1. The van der Waals surface area contributed by atoms with E-state index >= 15 is 0 Å². The van der Waals surface area contributed by atoms with Crippen molar-refractivity contribution in [2.75, 3.05) is 5.84 Å². The summed E-state index contributed by atoms with van der Waals surface area (Å²) in [5.74, 6) is 5.49. The first kappa shape index (κ1) is 11.7. The van der Waals surface area contributed by atoms with Crippen molar-refractivity contribution in [1.82, 2.24) is 0 Å². The second-order valence-corrected chi connectivity index (χ2v) is 3.78. The van der Waals surface area contributed by atoms with Crippen molar-refractivity contribution in [2.24, 2.45) is 0 Å². The van der Waals surface area contributed by atoms with Crippen LogP contribution in [0.25, 0.3) is 0 Å². The number of nitrogens with two attached hydrogens (primary N) is 1. The Bertz CT molecular complexity index is 236. The molecule has 0 fully saturated rings. The summed E-state index contributed by atoms with van der Waals surface area (Å²) < 4.78 is 1.55. The van der Waals surface area contributed by atoms with Gasteiger partial charge >= 0.3 is 0 Å². The number of hydrogen-bond donors (Lipinski definition) is 1. The van der Waals surface area contributed by atoms with E-state index in [9.17, 15) is 0 Å². The van der Waals surface area contributed by atoms with Crippen LogP contribution in [-0.2, 0) is 5.41 Å². The molecule has 0 aliphatic heterocycles. The lowest BCUT2D eigenvalue weighted by atomic mass is 9.88. The Kier molecular flexibility index (Phi) is 3.96. The maximum absolute atomic E-state index is 5.49. The van der Waals surface area contributed by atoms with Crippen LogP contribution >= 0.6 is 0 Å². The Balaban J connectivity index is 0.00000121. The van der Waals surface area contributed by atoms with Gasteiger partial charge in [-0.1, -0.05) is 25.4 Å². The molecule has 68 valence electrons. The average Bonchev–Trinajstić information content (AvgIpc) is 1.86. The molecule has 0 aromatic carbocycles. The smallest absolute Gasteiger partial charge is 0.199 e. The van der Waals surface area contributed by atoms with Crippen molar-refractivity contribution >= 4 is 0 Å². The highest BCUT2D eigenvalue weighted by Crippen LogP contribution is 2.19. The summed E-state index contributed by atoms with van der Waals surface area (Å²) >= 11 is 0. The Hall–Kier alpha value is -0.320. The molecule has 2 nitrogen and oxygen atoms in total. The third kappa shape index (κ3) is 2.97. The molecule has 0 spiro atoms. The highest BCUT2D eigenvalue weighted by molar-refractivity contribution is 5.17. The van der Waals surface area contributed by atoms with Gasteiger partial charge in [-0.2, -0.15) is 0 Å². The average molecular weight is 278 g/mol. The van der Waals surface area contributed by atoms with Gasteiger partial charge in [-0.15, -0.1) is 0 Å². The van der Waals surface area contributed by atoms with E-state index in [1.54, 1.807) is 4.68 Å². The summed E-state index contributed by atoms with van der Waals surface area (Å²) in [7, 11) is 0. The van der Waals surface area contributed by atoms with Crippen LogP contribution < -0.4 is 34.5 Å². The fourth-order valence-corrected chi connectivity index (χ4v) is 0.938. The zero-order valence-corrected chi connectivity index (χ0v) is 9.87. The summed E-state index contributed by atoms with van der Waals surface area (Å²) in [6, 6.07) is 4.08. The van der Waals surface area contributed by atoms with Crippen LogP contribution in [0.1, 0.15) is 26.3 Å². The van der Waals surface area contributed by atoms with Crippen LogP contribution in [0.4, 0.5) is 0 Å². The topological polar surface area (TPSA) is 29.9 Å². The number of rotatable bonds is 0. The van der Waals surface area contributed by atoms with E-state index in [1.807, 2.05) is 24.5 Å². The SMILES string of the molecule is CC(C)(C)c1cc[n+](N)cc1.[I-]. The van der Waals surface area contributed by atoms with Crippen molar-refractivity contribution in [3.8, 4) is 0 Å². The second kappa shape index (κ2) is 4.07. The van der Waals surface area contributed by atoms with Gasteiger partial charge in [0.1, 0.15) is 0 Å². The number of aromatic nitrogens is 1. The zero-order chi connectivity index (χ0) is 8.48. The minimum atomic E-state index is 0. The minimum Gasteiger partial charge on any atom is -1.00 e. The molecule has 0 atom stereocenters. The van der Waals surface area contributed by atoms with Crippen LogP contribution in [0.5, 0.6) is 0 Å². The largest absolute Gasteiger partial charge is 1.00 e. The fourth-order valence-electron chi connectivity index (χ4n) is 0.938. The van der Waals surface area contributed by atoms with Crippen molar-refractivity contribution < 1.29 is 28.7 Å². The lowest BCUT2D eigenvalue weighted by Gasteiger charge is -2.16. The molecule has 0 saturated carbocycles. The molecule has 2 N–H and O–H groups in total. The number of hydrogen-bond acceptors (Lipinski definition) is 1. The summed E-state index contributed by atoms with van der Waals surface area (Å²) in [4.78, 5) is 0. The van der Waals surface area contributed by atoms with Gasteiger partial charge in [0.05, 0.1) is 0 Å². The van der Waals surface area contributed by atoms with Gasteiger partial charge in [0.25, 0.3) is 0 Å². The first-order chi connectivity index (χ1) is 5.00. The molecule has 0 unspecified atom stereocenters. The summed E-state index contributed by atoms with van der Waals surface area (Å²) in [6.45, 7) is 6.55. The van der Waals surface area contributed by atoms with E-state index in [4.69, 9.17) is 5.84 Å². The molecule has 1 aromatic heterocycles. The first-order valence-electron chi connectivity index (χ1n) is 3.77. The van der Waals surface area contributed by atoms with E-state index in [-0.39, 0.29) is 29.4 Å². The molecule has 0 amide bonds. The Morgan fingerprint density at radius 3 is 1.92 bits per heavy atom. The van der Waals surface area contributed by atoms with E-state index < -0.39 is 0 Å². The van der Waals surface area contributed by atoms with Gasteiger partial charge < -0.3 is 24.0 Å². The molecule has 1 heterocycles. The predicted octanol–water partition coefficient (Wildman–Crippen LogP) is -2.01. The molecule has 0 bridgehead atoms. The van der Waals surface area contributed by atoms with Crippen LogP contribution in [0.15, 0.2) is 24.5 Å². The molecule has 1 aromatic rings. The van der Waals surface area contributed by atoms with E-state index in [0.717, 1.165) is 0 Å². The number of halogens is 1. The third-order valence-electron chi connectivity index (χ3n) is 1.72. The van der Waals surface area contributed by atoms with Crippen LogP contribution in [0.2, 0.25) is 0 Å². The lowest BCUT2D eigenvalue weighted by Crippen LogP contribution is -3.00. The Morgan fingerprint density at radius 1 is 1.17 bits per heavy atom. The van der Waals surface area contributed by atoms with Gasteiger partial charge in [-0.25, -0.2) is 5.84 Å². The maximum Gasteiger partial charge on any atom is 0.199 e. The molecule has 12 heavy (non-hydrogen) atoms. The monoisotopic (exact) mass is 278 g/mol. The van der Waals surface area contributed by atoms with Gasteiger partial charge in [-0.05, 0) is 11.0 Å². The van der Waals surface area contributed by atoms with Crippen LogP contribution in [0, 0.1) is 0 Å². The number of pyridine rings is 1. The van der Waals surface area contributed by atoms with Crippen molar-refractivity contribution in [3.63, 3.8) is 0 Å². The van der Waals surface area contributed by atoms with Crippen LogP contribution in [0.3, 0.4) is 0 Å². The standard InChI is InChI=1S/C9H15N2.HI/c1-9(2,3)8-4-6-11(10)7-5-8;/h4-7H,10H2,1-3H3;1H/q+1;/p-1. The van der Waals surface area contributed by atoms with E-state index in [0.29, 0.717) is 0 Å². The molecular weight excluding hydrogens is 263 g/mol.